The van der Waals surface area contributed by atoms with Gasteiger partial charge >= 0.3 is 0 Å². The molecule has 4 N–H and O–H groups in total. The van der Waals surface area contributed by atoms with Crippen molar-refractivity contribution in [3.8, 4) is 0 Å². The molecule has 2 aromatic rings. The van der Waals surface area contributed by atoms with Gasteiger partial charge in [-0.3, -0.25) is 9.59 Å². The summed E-state index contributed by atoms with van der Waals surface area (Å²) in [4.78, 5) is 23.4. The second-order valence-corrected chi connectivity index (χ2v) is 5.93. The van der Waals surface area contributed by atoms with Gasteiger partial charge in [-0.05, 0) is 48.4 Å². The lowest BCUT2D eigenvalue weighted by Gasteiger charge is -2.11. The van der Waals surface area contributed by atoms with Crippen LogP contribution in [0.1, 0.15) is 24.9 Å². The Morgan fingerprint density at radius 2 is 1.56 bits per heavy atom. The molecule has 130 valence electrons. The molecule has 0 spiro atoms. The van der Waals surface area contributed by atoms with E-state index in [9.17, 15) is 14.0 Å². The SMILES string of the molecule is CC(=O)Nc1ccc(NC(=O)C2CC(c3ccc(F)cc3)NN2)cc1. The highest BCUT2D eigenvalue weighted by Crippen LogP contribution is 2.23. The van der Waals surface area contributed by atoms with Crippen LogP contribution in [0.3, 0.4) is 0 Å². The minimum absolute atomic E-state index is 0.0570. The number of rotatable bonds is 4. The first-order valence-electron chi connectivity index (χ1n) is 7.96. The fourth-order valence-electron chi connectivity index (χ4n) is 2.71. The van der Waals surface area contributed by atoms with Crippen LogP contribution < -0.4 is 21.5 Å². The van der Waals surface area contributed by atoms with Crippen LogP contribution in [0.5, 0.6) is 0 Å². The Bertz CT molecular complexity index is 762. The van der Waals surface area contributed by atoms with Gasteiger partial charge in [0.25, 0.3) is 0 Å². The minimum atomic E-state index is -0.398. The van der Waals surface area contributed by atoms with Crippen LogP contribution >= 0.6 is 0 Å². The number of benzene rings is 2. The topological polar surface area (TPSA) is 82.3 Å². The molecule has 1 aliphatic rings. The van der Waals surface area contributed by atoms with Crippen molar-refractivity contribution in [3.63, 3.8) is 0 Å². The molecule has 0 radical (unpaired) electrons. The zero-order valence-electron chi connectivity index (χ0n) is 13.7. The van der Waals surface area contributed by atoms with Gasteiger partial charge in [-0.1, -0.05) is 12.1 Å². The zero-order valence-corrected chi connectivity index (χ0v) is 13.7. The molecule has 0 aliphatic carbocycles. The standard InChI is InChI=1S/C18H19FN4O2/c1-11(24)20-14-6-8-15(9-7-14)21-18(25)17-10-16(22-23-17)12-2-4-13(19)5-3-12/h2-9,16-17,22-23H,10H2,1H3,(H,20,24)(H,21,25). The van der Waals surface area contributed by atoms with Gasteiger partial charge in [0.1, 0.15) is 11.9 Å². The first-order chi connectivity index (χ1) is 12.0. The molecule has 6 nitrogen and oxygen atoms in total. The van der Waals surface area contributed by atoms with E-state index in [1.54, 1.807) is 36.4 Å². The van der Waals surface area contributed by atoms with Gasteiger partial charge in [-0.2, -0.15) is 0 Å². The molecule has 1 heterocycles. The molecule has 2 atom stereocenters. The van der Waals surface area contributed by atoms with Gasteiger partial charge in [0.15, 0.2) is 0 Å². The highest BCUT2D eigenvalue weighted by atomic mass is 19.1. The van der Waals surface area contributed by atoms with Gasteiger partial charge in [0.2, 0.25) is 11.8 Å². The summed E-state index contributed by atoms with van der Waals surface area (Å²) in [6.45, 7) is 1.44. The quantitative estimate of drug-likeness (QED) is 0.687. The van der Waals surface area contributed by atoms with Gasteiger partial charge in [-0.15, -0.1) is 0 Å². The number of halogens is 1. The maximum Gasteiger partial charge on any atom is 0.242 e. The van der Waals surface area contributed by atoms with Crippen molar-refractivity contribution >= 4 is 23.2 Å². The van der Waals surface area contributed by atoms with Crippen molar-refractivity contribution in [2.45, 2.75) is 25.4 Å². The fraction of sp³-hybridized carbons (Fsp3) is 0.222. The minimum Gasteiger partial charge on any atom is -0.326 e. The number of hydrogen-bond donors (Lipinski definition) is 4. The Kier molecular flexibility index (Phi) is 5.06. The average molecular weight is 342 g/mol. The van der Waals surface area contributed by atoms with Crippen molar-refractivity contribution in [1.82, 2.24) is 10.9 Å². The number of hydrazine groups is 1. The first kappa shape index (κ1) is 17.1. The van der Waals surface area contributed by atoms with Crippen molar-refractivity contribution < 1.29 is 14.0 Å². The lowest BCUT2D eigenvalue weighted by Crippen LogP contribution is -2.39. The van der Waals surface area contributed by atoms with Crippen molar-refractivity contribution in [2.24, 2.45) is 0 Å². The number of nitrogens with one attached hydrogen (secondary N) is 4. The van der Waals surface area contributed by atoms with E-state index < -0.39 is 6.04 Å². The smallest absolute Gasteiger partial charge is 0.242 e. The van der Waals surface area contributed by atoms with Crippen LogP contribution in [0.4, 0.5) is 15.8 Å². The molecule has 1 aliphatic heterocycles. The molecule has 2 aromatic carbocycles. The van der Waals surface area contributed by atoms with Crippen LogP contribution in [0.2, 0.25) is 0 Å². The van der Waals surface area contributed by atoms with E-state index in [2.05, 4.69) is 21.5 Å². The van der Waals surface area contributed by atoms with Crippen molar-refractivity contribution in [1.29, 1.82) is 0 Å². The molecule has 2 unspecified atom stereocenters. The Balaban J connectivity index is 1.57. The molecule has 1 fully saturated rings. The van der Waals surface area contributed by atoms with Crippen molar-refractivity contribution in [2.75, 3.05) is 10.6 Å². The van der Waals surface area contributed by atoms with Gasteiger partial charge < -0.3 is 10.6 Å². The summed E-state index contributed by atoms with van der Waals surface area (Å²) in [5.41, 5.74) is 8.26. The molecule has 7 heteroatoms. The largest absolute Gasteiger partial charge is 0.326 e. The van der Waals surface area contributed by atoms with Crippen LogP contribution in [0, 0.1) is 5.82 Å². The molecule has 25 heavy (non-hydrogen) atoms. The zero-order chi connectivity index (χ0) is 17.8. The monoisotopic (exact) mass is 342 g/mol. The van der Waals surface area contributed by atoms with E-state index in [1.165, 1.54) is 19.1 Å². The predicted molar refractivity (Wildman–Crippen MR) is 93.2 cm³/mol. The molecule has 2 amide bonds. The van der Waals surface area contributed by atoms with Gasteiger partial charge in [0.05, 0.1) is 0 Å². The second-order valence-electron chi connectivity index (χ2n) is 5.93. The van der Waals surface area contributed by atoms with E-state index in [4.69, 9.17) is 0 Å². The third kappa shape index (κ3) is 4.40. The lowest BCUT2D eigenvalue weighted by molar-refractivity contribution is -0.118. The van der Waals surface area contributed by atoms with Crippen molar-refractivity contribution in [3.05, 3.63) is 59.9 Å². The number of anilines is 2. The number of carbonyl (C=O) groups excluding carboxylic acids is 2. The summed E-state index contributed by atoms with van der Waals surface area (Å²) in [6.07, 6.45) is 0.557. The molecule has 0 aromatic heterocycles. The molecular weight excluding hydrogens is 323 g/mol. The lowest BCUT2D eigenvalue weighted by atomic mass is 10.0. The maximum absolute atomic E-state index is 13.0. The fourth-order valence-corrected chi connectivity index (χ4v) is 2.71. The summed E-state index contributed by atoms with van der Waals surface area (Å²) >= 11 is 0. The maximum atomic E-state index is 13.0. The Hall–Kier alpha value is -2.77. The molecule has 1 saturated heterocycles. The number of carbonyl (C=O) groups is 2. The van der Waals surface area contributed by atoms with E-state index in [0.717, 1.165) is 5.56 Å². The van der Waals surface area contributed by atoms with Gasteiger partial charge in [-0.25, -0.2) is 15.2 Å². The Morgan fingerprint density at radius 1 is 0.960 bits per heavy atom. The molecule has 3 rings (SSSR count). The summed E-state index contributed by atoms with van der Waals surface area (Å²) in [5, 5.41) is 5.50. The van der Waals surface area contributed by atoms with E-state index in [0.29, 0.717) is 17.8 Å². The van der Waals surface area contributed by atoms with Crippen LogP contribution in [0.25, 0.3) is 0 Å². The normalized spacial score (nSPS) is 19.4. The van der Waals surface area contributed by atoms with Crippen LogP contribution in [0.15, 0.2) is 48.5 Å². The second kappa shape index (κ2) is 7.42. The summed E-state index contributed by atoms with van der Waals surface area (Å²) < 4.78 is 13.0. The predicted octanol–water partition coefficient (Wildman–Crippen LogP) is 2.33. The summed E-state index contributed by atoms with van der Waals surface area (Å²) in [5.74, 6) is -0.596. The van der Waals surface area contributed by atoms with E-state index in [-0.39, 0.29) is 23.7 Å². The third-order valence-electron chi connectivity index (χ3n) is 3.96. The molecule has 0 saturated carbocycles. The van der Waals surface area contributed by atoms with E-state index in [1.807, 2.05) is 0 Å². The number of hydrogen-bond acceptors (Lipinski definition) is 4. The molecule has 0 bridgehead atoms. The average Bonchev–Trinajstić information content (AvgIpc) is 3.07. The van der Waals surface area contributed by atoms with E-state index >= 15 is 0 Å². The van der Waals surface area contributed by atoms with Crippen LogP contribution in [-0.2, 0) is 9.59 Å². The first-order valence-corrected chi connectivity index (χ1v) is 7.96. The Morgan fingerprint density at radius 3 is 2.16 bits per heavy atom. The highest BCUT2D eigenvalue weighted by molar-refractivity contribution is 5.95. The number of amides is 2. The highest BCUT2D eigenvalue weighted by Gasteiger charge is 2.30. The van der Waals surface area contributed by atoms with Crippen LogP contribution in [-0.4, -0.2) is 17.9 Å². The third-order valence-corrected chi connectivity index (χ3v) is 3.96. The van der Waals surface area contributed by atoms with Gasteiger partial charge in [0, 0.05) is 24.3 Å². The molecular formula is C18H19FN4O2. The Labute approximate surface area is 144 Å². The summed E-state index contributed by atoms with van der Waals surface area (Å²) in [6, 6.07) is 12.7. The summed E-state index contributed by atoms with van der Waals surface area (Å²) in [7, 11) is 0.